The Labute approximate surface area is 140 Å². The van der Waals surface area contributed by atoms with Crippen molar-refractivity contribution >= 4 is 23.4 Å². The molecule has 2 N–H and O–H groups in total. The second kappa shape index (κ2) is 8.13. The molecule has 1 amide bonds. The SMILES string of the molecule is CSc1ccc(C[NH+](C)[C@@H](C)C(=O)Nc2ccccc2F)cc1. The van der Waals surface area contributed by atoms with E-state index in [4.69, 9.17) is 0 Å². The van der Waals surface area contributed by atoms with Crippen molar-refractivity contribution in [2.75, 3.05) is 18.6 Å². The molecule has 122 valence electrons. The molecule has 2 aromatic rings. The molecule has 2 aromatic carbocycles. The Hall–Kier alpha value is -1.85. The first kappa shape index (κ1) is 17.5. The Kier molecular flexibility index (Phi) is 6.19. The van der Waals surface area contributed by atoms with E-state index >= 15 is 0 Å². The molecule has 0 bridgehead atoms. The van der Waals surface area contributed by atoms with Crippen molar-refractivity contribution in [3.63, 3.8) is 0 Å². The van der Waals surface area contributed by atoms with Crippen LogP contribution in [-0.2, 0) is 11.3 Å². The molecule has 0 aromatic heterocycles. The first-order valence-corrected chi connectivity index (χ1v) is 8.74. The highest BCUT2D eigenvalue weighted by molar-refractivity contribution is 7.98. The van der Waals surface area contributed by atoms with E-state index in [2.05, 4.69) is 29.6 Å². The third-order valence-corrected chi connectivity index (χ3v) is 4.65. The number of anilines is 1. The number of quaternary nitrogens is 1. The summed E-state index contributed by atoms with van der Waals surface area (Å²) in [4.78, 5) is 14.6. The Bertz CT molecular complexity index is 660. The van der Waals surface area contributed by atoms with Crippen molar-refractivity contribution in [3.8, 4) is 0 Å². The van der Waals surface area contributed by atoms with Crippen molar-refractivity contribution in [2.45, 2.75) is 24.4 Å². The number of thioether (sulfide) groups is 1. The third kappa shape index (κ3) is 4.81. The van der Waals surface area contributed by atoms with Crippen LogP contribution in [0.5, 0.6) is 0 Å². The summed E-state index contributed by atoms with van der Waals surface area (Å²) < 4.78 is 13.6. The highest BCUT2D eigenvalue weighted by atomic mass is 32.2. The van der Waals surface area contributed by atoms with E-state index in [0.717, 1.165) is 11.4 Å². The molecule has 0 aliphatic rings. The summed E-state index contributed by atoms with van der Waals surface area (Å²) in [6.45, 7) is 2.59. The van der Waals surface area contributed by atoms with Crippen LogP contribution in [0.1, 0.15) is 12.5 Å². The largest absolute Gasteiger partial charge is 0.324 e. The molecular formula is C18H22FN2OS+. The average molecular weight is 333 g/mol. The standard InChI is InChI=1S/C18H21FN2OS/c1-13(18(22)20-17-7-5-4-6-16(17)19)21(2)12-14-8-10-15(23-3)11-9-14/h4-11,13H,12H2,1-3H3,(H,20,22)/p+1/t13-/m0/s1. The summed E-state index contributed by atoms with van der Waals surface area (Å²) in [5, 5.41) is 2.66. The summed E-state index contributed by atoms with van der Waals surface area (Å²) in [7, 11) is 1.97. The number of halogens is 1. The zero-order valence-electron chi connectivity index (χ0n) is 13.6. The van der Waals surface area contributed by atoms with Gasteiger partial charge in [-0.3, -0.25) is 4.79 Å². The molecule has 0 aliphatic carbocycles. The maximum Gasteiger partial charge on any atom is 0.282 e. The number of para-hydroxylation sites is 1. The number of hydrogen-bond donors (Lipinski definition) is 2. The van der Waals surface area contributed by atoms with Crippen LogP contribution in [0.3, 0.4) is 0 Å². The van der Waals surface area contributed by atoms with Gasteiger partial charge in [-0.25, -0.2) is 4.39 Å². The van der Waals surface area contributed by atoms with Gasteiger partial charge in [0.25, 0.3) is 5.91 Å². The maximum atomic E-state index is 13.6. The van der Waals surface area contributed by atoms with Gasteiger partial charge >= 0.3 is 0 Å². The van der Waals surface area contributed by atoms with E-state index in [1.807, 2.05) is 20.2 Å². The van der Waals surface area contributed by atoms with Gasteiger partial charge in [0.1, 0.15) is 12.4 Å². The van der Waals surface area contributed by atoms with Crippen molar-refractivity contribution in [1.29, 1.82) is 0 Å². The van der Waals surface area contributed by atoms with Crippen LogP contribution >= 0.6 is 11.8 Å². The quantitative estimate of drug-likeness (QED) is 0.797. The highest BCUT2D eigenvalue weighted by Gasteiger charge is 2.22. The highest BCUT2D eigenvalue weighted by Crippen LogP contribution is 2.14. The lowest BCUT2D eigenvalue weighted by atomic mass is 10.2. The molecule has 0 saturated carbocycles. The molecule has 2 rings (SSSR count). The zero-order chi connectivity index (χ0) is 16.8. The molecule has 3 nitrogen and oxygen atoms in total. The number of benzene rings is 2. The van der Waals surface area contributed by atoms with E-state index in [9.17, 15) is 9.18 Å². The molecule has 0 saturated heterocycles. The summed E-state index contributed by atoms with van der Waals surface area (Å²) in [6, 6.07) is 14.2. The smallest absolute Gasteiger partial charge is 0.282 e. The molecule has 0 spiro atoms. The molecule has 0 aliphatic heterocycles. The van der Waals surface area contributed by atoms with E-state index in [1.54, 1.807) is 30.0 Å². The van der Waals surface area contributed by atoms with Gasteiger partial charge in [0.05, 0.1) is 12.7 Å². The van der Waals surface area contributed by atoms with Crippen LogP contribution in [-0.4, -0.2) is 25.3 Å². The minimum atomic E-state index is -0.418. The van der Waals surface area contributed by atoms with Gasteiger partial charge in [0, 0.05) is 10.5 Å². The van der Waals surface area contributed by atoms with Crippen molar-refractivity contribution < 1.29 is 14.1 Å². The predicted octanol–water partition coefficient (Wildman–Crippen LogP) is 2.59. The fourth-order valence-electron chi connectivity index (χ4n) is 2.25. The van der Waals surface area contributed by atoms with Gasteiger partial charge in [0.2, 0.25) is 0 Å². The van der Waals surface area contributed by atoms with Crippen molar-refractivity contribution in [2.24, 2.45) is 0 Å². The van der Waals surface area contributed by atoms with Gasteiger partial charge in [-0.15, -0.1) is 11.8 Å². The number of carbonyl (C=O) groups excluding carboxylic acids is 1. The van der Waals surface area contributed by atoms with E-state index in [-0.39, 0.29) is 17.6 Å². The zero-order valence-corrected chi connectivity index (χ0v) is 14.4. The summed E-state index contributed by atoms with van der Waals surface area (Å²) in [5.74, 6) is -0.605. The fraction of sp³-hybridized carbons (Fsp3) is 0.278. The van der Waals surface area contributed by atoms with Crippen LogP contribution in [0.4, 0.5) is 10.1 Å². The van der Waals surface area contributed by atoms with Gasteiger partial charge in [-0.05, 0) is 37.4 Å². The second-order valence-electron chi connectivity index (χ2n) is 5.56. The third-order valence-electron chi connectivity index (χ3n) is 3.91. The molecule has 0 heterocycles. The van der Waals surface area contributed by atoms with Gasteiger partial charge in [0.15, 0.2) is 6.04 Å². The van der Waals surface area contributed by atoms with Gasteiger partial charge in [-0.2, -0.15) is 0 Å². The fourth-order valence-corrected chi connectivity index (χ4v) is 2.65. The van der Waals surface area contributed by atoms with Crippen molar-refractivity contribution in [1.82, 2.24) is 0 Å². The molecule has 23 heavy (non-hydrogen) atoms. The monoisotopic (exact) mass is 333 g/mol. The number of carbonyl (C=O) groups is 1. The molecule has 2 atom stereocenters. The first-order valence-electron chi connectivity index (χ1n) is 7.52. The average Bonchev–Trinajstić information content (AvgIpc) is 2.56. The van der Waals surface area contributed by atoms with E-state index in [0.29, 0.717) is 0 Å². The number of hydrogen-bond acceptors (Lipinski definition) is 2. The normalized spacial score (nSPS) is 13.4. The molecule has 0 fully saturated rings. The lowest BCUT2D eigenvalue weighted by molar-refractivity contribution is -0.907. The van der Waals surface area contributed by atoms with Crippen LogP contribution in [0, 0.1) is 5.82 Å². The van der Waals surface area contributed by atoms with Gasteiger partial charge in [-0.1, -0.05) is 24.3 Å². The molecule has 0 radical (unpaired) electrons. The Balaban J connectivity index is 1.96. The number of rotatable bonds is 6. The van der Waals surface area contributed by atoms with Crippen LogP contribution in [0.15, 0.2) is 53.4 Å². The number of nitrogens with one attached hydrogen (secondary N) is 2. The van der Waals surface area contributed by atoms with Crippen LogP contribution in [0.2, 0.25) is 0 Å². The number of amides is 1. The minimum absolute atomic E-state index is 0.187. The van der Waals surface area contributed by atoms with Gasteiger partial charge < -0.3 is 10.2 Å². The van der Waals surface area contributed by atoms with Crippen molar-refractivity contribution in [3.05, 3.63) is 59.9 Å². The lowest BCUT2D eigenvalue weighted by Crippen LogP contribution is -3.12. The maximum absolute atomic E-state index is 13.6. The van der Waals surface area contributed by atoms with Crippen LogP contribution in [0.25, 0.3) is 0 Å². The second-order valence-corrected chi connectivity index (χ2v) is 6.44. The van der Waals surface area contributed by atoms with Crippen LogP contribution < -0.4 is 10.2 Å². The predicted molar refractivity (Wildman–Crippen MR) is 93.3 cm³/mol. The lowest BCUT2D eigenvalue weighted by Gasteiger charge is -2.21. The molecular weight excluding hydrogens is 311 g/mol. The summed E-state index contributed by atoms with van der Waals surface area (Å²) in [5.41, 5.74) is 1.40. The first-order chi connectivity index (χ1) is 11.0. The van der Waals surface area contributed by atoms with E-state index in [1.165, 1.54) is 16.5 Å². The Morgan fingerprint density at radius 1 is 1.22 bits per heavy atom. The molecule has 5 heteroatoms. The topological polar surface area (TPSA) is 33.5 Å². The van der Waals surface area contributed by atoms with E-state index < -0.39 is 5.82 Å². The summed E-state index contributed by atoms with van der Waals surface area (Å²) in [6.07, 6.45) is 2.04. The minimum Gasteiger partial charge on any atom is -0.324 e. The number of likely N-dealkylation sites (N-methyl/N-ethyl adjacent to an activating group) is 1. The Morgan fingerprint density at radius 3 is 2.48 bits per heavy atom. The summed E-state index contributed by atoms with van der Waals surface area (Å²) >= 11 is 1.70. The molecule has 1 unspecified atom stereocenters. The Morgan fingerprint density at radius 2 is 1.87 bits per heavy atom.